The van der Waals surface area contributed by atoms with Crippen molar-refractivity contribution in [1.82, 2.24) is 0 Å². The fraction of sp³-hybridized carbons (Fsp3) is 0.583. The van der Waals surface area contributed by atoms with E-state index in [0.29, 0.717) is 0 Å². The van der Waals surface area contributed by atoms with Crippen LogP contribution in [0.2, 0.25) is 0 Å². The number of rotatable bonds is 15. The van der Waals surface area contributed by atoms with E-state index in [1.807, 2.05) is 30.3 Å². The van der Waals surface area contributed by atoms with E-state index in [0.717, 1.165) is 30.0 Å². The molecular formula is C24H36NaO3S. The monoisotopic (exact) mass is 427 g/mol. The fourth-order valence-corrected chi connectivity index (χ4v) is 4.75. The summed E-state index contributed by atoms with van der Waals surface area (Å²) >= 11 is 0. The Bertz CT molecular complexity index is 784. The van der Waals surface area contributed by atoms with Crippen molar-refractivity contribution in [3.05, 3.63) is 42.5 Å². The Kier molecular flexibility index (Phi) is 14.2. The third kappa shape index (κ3) is 9.97. The fourth-order valence-electron chi connectivity index (χ4n) is 3.59. The van der Waals surface area contributed by atoms with Gasteiger partial charge in [0.05, 0.1) is 6.61 Å². The Morgan fingerprint density at radius 3 is 1.83 bits per heavy atom. The molecule has 0 bridgehead atoms. The summed E-state index contributed by atoms with van der Waals surface area (Å²) in [6.45, 7) is 2.52. The Balaban J connectivity index is 0.00000420. The van der Waals surface area contributed by atoms with Crippen molar-refractivity contribution < 1.29 is 12.6 Å². The van der Waals surface area contributed by atoms with Crippen LogP contribution in [0.3, 0.4) is 0 Å². The first-order valence-corrected chi connectivity index (χ1v) is 12.4. The molecule has 0 aliphatic rings. The first-order valence-electron chi connectivity index (χ1n) is 11.0. The largest absolute Gasteiger partial charge is 0.297 e. The molecule has 0 saturated carbocycles. The molecule has 0 saturated heterocycles. The van der Waals surface area contributed by atoms with Gasteiger partial charge in [-0.2, -0.15) is 8.42 Å². The Hall–Kier alpha value is -0.390. The van der Waals surface area contributed by atoms with Gasteiger partial charge >= 0.3 is 0 Å². The molecule has 2 rings (SSSR count). The molecule has 0 aliphatic carbocycles. The predicted octanol–water partition coefficient (Wildman–Crippen LogP) is 6.87. The van der Waals surface area contributed by atoms with Gasteiger partial charge in [-0.1, -0.05) is 114 Å². The Labute approximate surface area is 200 Å². The van der Waals surface area contributed by atoms with Crippen molar-refractivity contribution in [1.29, 1.82) is 0 Å². The van der Waals surface area contributed by atoms with E-state index in [9.17, 15) is 8.42 Å². The van der Waals surface area contributed by atoms with E-state index in [4.69, 9.17) is 4.18 Å². The summed E-state index contributed by atoms with van der Waals surface area (Å²) in [5.41, 5.74) is 0. The molecule has 0 spiro atoms. The number of hydrogen-bond acceptors (Lipinski definition) is 3. The first kappa shape index (κ1) is 26.6. The normalized spacial score (nSPS) is 11.5. The minimum absolute atomic E-state index is 0. The molecule has 0 aromatic heterocycles. The topological polar surface area (TPSA) is 43.4 Å². The van der Waals surface area contributed by atoms with Crippen molar-refractivity contribution in [2.24, 2.45) is 0 Å². The molecule has 1 radical (unpaired) electrons. The number of unbranched alkanes of at least 4 members (excludes halogenated alkanes) is 11. The summed E-state index contributed by atoms with van der Waals surface area (Å²) in [7, 11) is -3.70. The van der Waals surface area contributed by atoms with Crippen molar-refractivity contribution in [3.63, 3.8) is 0 Å². The maximum Gasteiger partial charge on any atom is 0.297 e. The van der Waals surface area contributed by atoms with Crippen LogP contribution in [0, 0.1) is 0 Å². The van der Waals surface area contributed by atoms with E-state index >= 15 is 0 Å². The number of hydrogen-bond donors (Lipinski definition) is 0. The molecule has 0 fully saturated rings. The first-order chi connectivity index (χ1) is 13.6. The summed E-state index contributed by atoms with van der Waals surface area (Å²) in [5, 5.41) is 1.64. The predicted molar refractivity (Wildman–Crippen MR) is 124 cm³/mol. The zero-order valence-electron chi connectivity index (χ0n) is 18.4. The molecule has 157 valence electrons. The van der Waals surface area contributed by atoms with Crippen LogP contribution in [-0.4, -0.2) is 44.6 Å². The van der Waals surface area contributed by atoms with Crippen LogP contribution in [0.15, 0.2) is 47.4 Å². The average Bonchev–Trinajstić information content (AvgIpc) is 2.71. The van der Waals surface area contributed by atoms with Gasteiger partial charge in [0.15, 0.2) is 0 Å². The zero-order valence-corrected chi connectivity index (χ0v) is 21.2. The van der Waals surface area contributed by atoms with E-state index in [2.05, 4.69) is 6.92 Å². The van der Waals surface area contributed by atoms with Gasteiger partial charge in [0.25, 0.3) is 10.1 Å². The summed E-state index contributed by atoms with van der Waals surface area (Å²) in [6.07, 6.45) is 15.0. The van der Waals surface area contributed by atoms with Crippen LogP contribution >= 0.6 is 0 Å². The van der Waals surface area contributed by atoms with Crippen LogP contribution in [0.5, 0.6) is 0 Å². The van der Waals surface area contributed by atoms with Gasteiger partial charge in [0.1, 0.15) is 4.90 Å². The molecule has 3 nitrogen and oxygen atoms in total. The van der Waals surface area contributed by atoms with E-state index in [-0.39, 0.29) is 41.1 Å². The van der Waals surface area contributed by atoms with Crippen molar-refractivity contribution >= 4 is 50.4 Å². The van der Waals surface area contributed by atoms with Crippen molar-refractivity contribution in [3.8, 4) is 0 Å². The van der Waals surface area contributed by atoms with Gasteiger partial charge in [-0.3, -0.25) is 4.18 Å². The second kappa shape index (κ2) is 15.4. The van der Waals surface area contributed by atoms with Crippen molar-refractivity contribution in [2.45, 2.75) is 88.9 Å². The van der Waals surface area contributed by atoms with E-state index < -0.39 is 10.1 Å². The molecule has 0 unspecified atom stereocenters. The van der Waals surface area contributed by atoms with Crippen LogP contribution in [0.4, 0.5) is 0 Å². The Morgan fingerprint density at radius 2 is 1.21 bits per heavy atom. The smallest absolute Gasteiger partial charge is 0.266 e. The summed E-state index contributed by atoms with van der Waals surface area (Å²) in [4.78, 5) is 0.268. The molecule has 5 heteroatoms. The summed E-state index contributed by atoms with van der Waals surface area (Å²) in [6, 6.07) is 12.8. The second-order valence-corrected chi connectivity index (χ2v) is 9.23. The number of benzene rings is 2. The molecular weight excluding hydrogens is 391 g/mol. The van der Waals surface area contributed by atoms with Crippen LogP contribution in [0.1, 0.15) is 84.0 Å². The average molecular weight is 428 g/mol. The van der Waals surface area contributed by atoms with Gasteiger partial charge in [-0.25, -0.2) is 0 Å². The SMILES string of the molecule is CCCCCCCCCCCCCCOS(=O)(=O)c1cccc2ccccc12.[Na]. The number of fused-ring (bicyclic) bond motifs is 1. The Morgan fingerprint density at radius 1 is 0.690 bits per heavy atom. The third-order valence-corrected chi connectivity index (χ3v) is 6.63. The second-order valence-electron chi connectivity index (χ2n) is 7.64. The quantitative estimate of drug-likeness (QED) is 0.177. The van der Waals surface area contributed by atoms with Crippen LogP contribution in [0.25, 0.3) is 10.8 Å². The van der Waals surface area contributed by atoms with Gasteiger partial charge in [0, 0.05) is 34.9 Å². The van der Waals surface area contributed by atoms with Crippen LogP contribution < -0.4 is 0 Å². The van der Waals surface area contributed by atoms with E-state index in [1.54, 1.807) is 12.1 Å². The molecule has 29 heavy (non-hydrogen) atoms. The molecule has 0 amide bonds. The van der Waals surface area contributed by atoms with Gasteiger partial charge in [-0.05, 0) is 17.9 Å². The molecule has 0 atom stereocenters. The summed E-state index contributed by atoms with van der Waals surface area (Å²) < 4.78 is 30.3. The maximum absolute atomic E-state index is 12.5. The van der Waals surface area contributed by atoms with E-state index in [1.165, 1.54) is 57.8 Å². The summed E-state index contributed by atoms with van der Waals surface area (Å²) in [5.74, 6) is 0. The minimum atomic E-state index is -3.70. The molecule has 2 aromatic carbocycles. The molecule has 0 aliphatic heterocycles. The molecule has 0 N–H and O–H groups in total. The zero-order chi connectivity index (χ0) is 20.1. The van der Waals surface area contributed by atoms with Crippen LogP contribution in [-0.2, 0) is 14.3 Å². The van der Waals surface area contributed by atoms with Gasteiger partial charge in [0.2, 0.25) is 0 Å². The van der Waals surface area contributed by atoms with Gasteiger partial charge < -0.3 is 0 Å². The molecule has 0 heterocycles. The minimum Gasteiger partial charge on any atom is -0.266 e. The standard InChI is InChI=1S/C24H36O3S.Na/c1-2-3-4-5-6-7-8-9-10-11-12-15-21-27-28(25,26)24-20-16-18-22-17-13-14-19-23(22)24;/h13-14,16-20H,2-12,15,21H2,1H3;. The van der Waals surface area contributed by atoms with Gasteiger partial charge in [-0.15, -0.1) is 0 Å². The third-order valence-electron chi connectivity index (χ3n) is 5.26. The van der Waals surface area contributed by atoms with Crippen molar-refractivity contribution in [2.75, 3.05) is 6.61 Å². The maximum atomic E-state index is 12.5. The molecule has 2 aromatic rings.